The van der Waals surface area contributed by atoms with E-state index in [-0.39, 0.29) is 22.9 Å². The summed E-state index contributed by atoms with van der Waals surface area (Å²) in [6.45, 7) is 0.232. The number of halogens is 1. The Hall–Kier alpha value is -2.06. The minimum absolute atomic E-state index is 0.0348. The lowest BCUT2D eigenvalue weighted by Crippen LogP contribution is -2.23. The zero-order valence-corrected chi connectivity index (χ0v) is 10.9. The van der Waals surface area contributed by atoms with Crippen molar-refractivity contribution in [3.63, 3.8) is 0 Å². The van der Waals surface area contributed by atoms with Crippen molar-refractivity contribution in [2.75, 3.05) is 0 Å². The summed E-state index contributed by atoms with van der Waals surface area (Å²) >= 11 is 7.14. The predicted molar refractivity (Wildman–Crippen MR) is 69.2 cm³/mol. The number of rotatable bonds is 4. The van der Waals surface area contributed by atoms with Crippen LogP contribution in [0.1, 0.15) is 15.4 Å². The van der Waals surface area contributed by atoms with Gasteiger partial charge >= 0.3 is 0 Å². The molecule has 7 nitrogen and oxygen atoms in total. The Labute approximate surface area is 116 Å². The van der Waals surface area contributed by atoms with Gasteiger partial charge in [0.1, 0.15) is 16.4 Å². The Kier molecular flexibility index (Phi) is 4.03. The molecule has 0 radical (unpaired) electrons. The molecule has 98 valence electrons. The van der Waals surface area contributed by atoms with E-state index in [1.165, 1.54) is 11.3 Å². The van der Waals surface area contributed by atoms with Gasteiger partial charge in [-0.2, -0.15) is 0 Å². The van der Waals surface area contributed by atoms with E-state index in [0.717, 1.165) is 17.3 Å². The van der Waals surface area contributed by atoms with E-state index >= 15 is 0 Å². The average molecular weight is 299 g/mol. The number of nitrogens with zero attached hydrogens (tertiary/aromatic N) is 3. The van der Waals surface area contributed by atoms with Crippen molar-refractivity contribution >= 4 is 34.5 Å². The highest BCUT2D eigenvalue weighted by Crippen LogP contribution is 2.19. The molecule has 2 rings (SSSR count). The average Bonchev–Trinajstić information content (AvgIpc) is 2.89. The first-order chi connectivity index (χ1) is 9.08. The zero-order chi connectivity index (χ0) is 13.8. The number of hydrogen-bond acceptors (Lipinski definition) is 6. The Morgan fingerprint density at radius 1 is 1.53 bits per heavy atom. The summed E-state index contributed by atoms with van der Waals surface area (Å²) in [5.41, 5.74) is -0.323. The van der Waals surface area contributed by atoms with Gasteiger partial charge in [0.2, 0.25) is 0 Å². The molecule has 0 aliphatic carbocycles. The van der Waals surface area contributed by atoms with Crippen LogP contribution in [0.2, 0.25) is 5.15 Å². The summed E-state index contributed by atoms with van der Waals surface area (Å²) in [6, 6.07) is 1.09. The number of nitrogens with one attached hydrogen (secondary N) is 1. The largest absolute Gasteiger partial charge is 0.345 e. The minimum atomic E-state index is -0.638. The van der Waals surface area contributed by atoms with E-state index in [4.69, 9.17) is 11.6 Å². The molecule has 0 atom stereocenters. The van der Waals surface area contributed by atoms with Gasteiger partial charge in [0.05, 0.1) is 17.0 Å². The lowest BCUT2D eigenvalue weighted by molar-refractivity contribution is -0.385. The summed E-state index contributed by atoms with van der Waals surface area (Å²) in [5, 5.41) is 15.6. The lowest BCUT2D eigenvalue weighted by Gasteiger charge is -2.04. The SMILES string of the molecule is O=C(NCc1nccs1)c1cc([N+](=O)[O-])cnc1Cl. The molecule has 0 fully saturated rings. The molecule has 0 bridgehead atoms. The van der Waals surface area contributed by atoms with Crippen LogP contribution in [0.5, 0.6) is 0 Å². The van der Waals surface area contributed by atoms with Gasteiger partial charge in [-0.1, -0.05) is 11.6 Å². The van der Waals surface area contributed by atoms with Gasteiger partial charge in [-0.05, 0) is 0 Å². The smallest absolute Gasteiger partial charge is 0.288 e. The minimum Gasteiger partial charge on any atom is -0.345 e. The van der Waals surface area contributed by atoms with E-state index < -0.39 is 10.8 Å². The molecule has 1 N–H and O–H groups in total. The first-order valence-electron chi connectivity index (χ1n) is 5.04. The van der Waals surface area contributed by atoms with E-state index in [2.05, 4.69) is 15.3 Å². The van der Waals surface area contributed by atoms with E-state index in [1.54, 1.807) is 11.6 Å². The molecule has 9 heteroatoms. The number of thiazole rings is 1. The number of hydrogen-bond donors (Lipinski definition) is 1. The van der Waals surface area contributed by atoms with Crippen molar-refractivity contribution in [2.24, 2.45) is 0 Å². The molecule has 2 heterocycles. The molecule has 0 spiro atoms. The van der Waals surface area contributed by atoms with Crippen LogP contribution >= 0.6 is 22.9 Å². The third-order valence-corrected chi connectivity index (χ3v) is 3.24. The quantitative estimate of drug-likeness (QED) is 0.529. The Bertz CT molecular complexity index is 617. The first-order valence-corrected chi connectivity index (χ1v) is 6.30. The second-order valence-corrected chi connectivity index (χ2v) is 4.73. The van der Waals surface area contributed by atoms with Crippen LogP contribution in [0.4, 0.5) is 5.69 Å². The van der Waals surface area contributed by atoms with E-state index in [1.807, 2.05) is 0 Å². The van der Waals surface area contributed by atoms with Gasteiger partial charge in [0, 0.05) is 17.6 Å². The van der Waals surface area contributed by atoms with Crippen molar-refractivity contribution in [2.45, 2.75) is 6.54 Å². The van der Waals surface area contributed by atoms with Crippen LogP contribution in [0.15, 0.2) is 23.8 Å². The summed E-state index contributed by atoms with van der Waals surface area (Å²) in [7, 11) is 0. The first kappa shape index (κ1) is 13.4. The van der Waals surface area contributed by atoms with Gasteiger partial charge in [-0.3, -0.25) is 14.9 Å². The fourth-order valence-electron chi connectivity index (χ4n) is 1.29. The predicted octanol–water partition coefficient (Wildman–Crippen LogP) is 2.03. The van der Waals surface area contributed by atoms with Crippen LogP contribution < -0.4 is 5.32 Å². The van der Waals surface area contributed by atoms with Gasteiger partial charge in [-0.15, -0.1) is 11.3 Å². The van der Waals surface area contributed by atoms with E-state index in [0.29, 0.717) is 0 Å². The van der Waals surface area contributed by atoms with Crippen molar-refractivity contribution in [1.29, 1.82) is 0 Å². The van der Waals surface area contributed by atoms with Gasteiger partial charge < -0.3 is 5.32 Å². The molecule has 0 aliphatic heterocycles. The normalized spacial score (nSPS) is 10.2. The molecule has 0 saturated carbocycles. The fraction of sp³-hybridized carbons (Fsp3) is 0.100. The number of carbonyl (C=O) groups excluding carboxylic acids is 1. The number of amides is 1. The van der Waals surface area contributed by atoms with Gasteiger partial charge in [-0.25, -0.2) is 9.97 Å². The molecule has 0 unspecified atom stereocenters. The molecule has 0 aromatic carbocycles. The Morgan fingerprint density at radius 2 is 2.32 bits per heavy atom. The Morgan fingerprint density at radius 3 is 2.95 bits per heavy atom. The highest BCUT2D eigenvalue weighted by atomic mass is 35.5. The van der Waals surface area contributed by atoms with E-state index in [9.17, 15) is 14.9 Å². The van der Waals surface area contributed by atoms with Crippen LogP contribution in [0.25, 0.3) is 0 Å². The summed E-state index contributed by atoms with van der Waals surface area (Å²) in [5.74, 6) is -0.531. The molecular weight excluding hydrogens is 292 g/mol. The van der Waals surface area contributed by atoms with Gasteiger partial charge in [0.25, 0.3) is 11.6 Å². The summed E-state index contributed by atoms with van der Waals surface area (Å²) in [6.07, 6.45) is 2.62. The molecule has 19 heavy (non-hydrogen) atoms. The number of nitro groups is 1. The molecule has 0 aliphatic rings. The molecule has 2 aromatic heterocycles. The topological polar surface area (TPSA) is 98.0 Å². The van der Waals surface area contributed by atoms with Crippen molar-refractivity contribution < 1.29 is 9.72 Å². The van der Waals surface area contributed by atoms with Gasteiger partial charge in [0.15, 0.2) is 0 Å². The number of carbonyl (C=O) groups is 1. The third kappa shape index (κ3) is 3.24. The maximum absolute atomic E-state index is 11.9. The second-order valence-electron chi connectivity index (χ2n) is 3.40. The number of pyridine rings is 1. The molecule has 2 aromatic rings. The summed E-state index contributed by atoms with van der Waals surface area (Å²) < 4.78 is 0. The van der Waals surface area contributed by atoms with Crippen molar-refractivity contribution in [3.05, 3.63) is 49.7 Å². The maximum atomic E-state index is 11.9. The highest BCUT2D eigenvalue weighted by molar-refractivity contribution is 7.09. The lowest BCUT2D eigenvalue weighted by atomic mass is 10.2. The number of aromatic nitrogens is 2. The van der Waals surface area contributed by atoms with Crippen LogP contribution in [0, 0.1) is 10.1 Å². The third-order valence-electron chi connectivity index (χ3n) is 2.16. The van der Waals surface area contributed by atoms with Crippen LogP contribution in [-0.4, -0.2) is 20.8 Å². The highest BCUT2D eigenvalue weighted by Gasteiger charge is 2.17. The van der Waals surface area contributed by atoms with Crippen LogP contribution in [-0.2, 0) is 6.54 Å². The monoisotopic (exact) mass is 298 g/mol. The maximum Gasteiger partial charge on any atom is 0.288 e. The Balaban J connectivity index is 2.14. The second kappa shape index (κ2) is 5.72. The molecule has 1 amide bonds. The molecular formula is C10H7ClN4O3S. The molecule has 0 saturated heterocycles. The summed E-state index contributed by atoms with van der Waals surface area (Å²) in [4.78, 5) is 29.4. The zero-order valence-electron chi connectivity index (χ0n) is 9.37. The van der Waals surface area contributed by atoms with Crippen molar-refractivity contribution in [3.8, 4) is 0 Å². The van der Waals surface area contributed by atoms with Crippen molar-refractivity contribution in [1.82, 2.24) is 15.3 Å². The standard InChI is InChI=1S/C10H7ClN4O3S/c11-9-7(3-6(4-13-9)15(17)18)10(16)14-5-8-12-1-2-19-8/h1-4H,5H2,(H,14,16). The van der Waals surface area contributed by atoms with Crippen LogP contribution in [0.3, 0.4) is 0 Å². The fourth-order valence-corrected chi connectivity index (χ4v) is 2.03.